The van der Waals surface area contributed by atoms with Crippen LogP contribution in [0.4, 0.5) is 0 Å². The molecule has 14 heavy (non-hydrogen) atoms. The van der Waals surface area contributed by atoms with Crippen LogP contribution in [0.1, 0.15) is 11.1 Å². The van der Waals surface area contributed by atoms with Crippen LogP contribution in [0.25, 0.3) is 0 Å². The van der Waals surface area contributed by atoms with Gasteiger partial charge >= 0.3 is 5.97 Å². The van der Waals surface area contributed by atoms with Gasteiger partial charge in [0.1, 0.15) is 0 Å². The minimum Gasteiger partial charge on any atom is -0.469 e. The second kappa shape index (κ2) is 4.80. The largest absolute Gasteiger partial charge is 0.469 e. The number of aryl methyl sites for hydroxylation is 1. The number of esters is 1. The maximum atomic E-state index is 11.0. The average Bonchev–Trinajstić information content (AvgIpc) is 2.14. The van der Waals surface area contributed by atoms with E-state index in [9.17, 15) is 4.79 Å². The predicted molar refractivity (Wildman–Crippen MR) is 59.6 cm³/mol. The van der Waals surface area contributed by atoms with Gasteiger partial charge in [-0.2, -0.15) is 0 Å². The summed E-state index contributed by atoms with van der Waals surface area (Å²) in [5.74, 6) is -0.251. The van der Waals surface area contributed by atoms with Gasteiger partial charge in [-0.25, -0.2) is 0 Å². The van der Waals surface area contributed by atoms with E-state index in [0.717, 1.165) is 15.6 Å². The third-order valence-corrected chi connectivity index (χ3v) is 3.20. The number of methoxy groups -OCH3 is 1. The second-order valence-electron chi connectivity index (χ2n) is 2.96. The van der Waals surface area contributed by atoms with E-state index in [1.54, 1.807) is 0 Å². The maximum absolute atomic E-state index is 11.0. The summed E-state index contributed by atoms with van der Waals surface area (Å²) in [7, 11) is 1.38. The average molecular weight is 278 g/mol. The molecule has 0 N–H and O–H groups in total. The van der Waals surface area contributed by atoms with E-state index in [2.05, 4.69) is 20.7 Å². The molecule has 0 spiro atoms. The monoisotopic (exact) mass is 276 g/mol. The Bertz CT molecular complexity index is 340. The minimum atomic E-state index is -0.251. The van der Waals surface area contributed by atoms with Crippen molar-refractivity contribution in [2.24, 2.45) is 0 Å². The number of carbonyl (C=O) groups is 1. The Morgan fingerprint density at radius 2 is 2.21 bits per heavy atom. The summed E-state index contributed by atoms with van der Waals surface area (Å²) in [6.07, 6.45) is 0.271. The first-order chi connectivity index (χ1) is 6.54. The molecule has 4 heteroatoms. The molecule has 0 amide bonds. The number of ether oxygens (including phenoxy) is 1. The molecule has 0 heterocycles. The first kappa shape index (κ1) is 11.5. The molecule has 0 saturated carbocycles. The van der Waals surface area contributed by atoms with E-state index in [1.807, 2.05) is 19.1 Å². The van der Waals surface area contributed by atoms with Crippen molar-refractivity contribution in [3.8, 4) is 0 Å². The Labute approximate surface area is 96.3 Å². The highest BCUT2D eigenvalue weighted by molar-refractivity contribution is 9.10. The molecule has 0 aliphatic heterocycles. The molecule has 0 aliphatic carbocycles. The highest BCUT2D eigenvalue weighted by Gasteiger charge is 2.07. The predicted octanol–water partition coefficient (Wildman–Crippen LogP) is 3.13. The number of carbonyl (C=O) groups excluding carboxylic acids is 1. The van der Waals surface area contributed by atoms with Gasteiger partial charge in [0.2, 0.25) is 0 Å². The van der Waals surface area contributed by atoms with Crippen molar-refractivity contribution in [1.29, 1.82) is 0 Å². The van der Waals surface area contributed by atoms with Crippen molar-refractivity contribution in [3.05, 3.63) is 32.8 Å². The van der Waals surface area contributed by atoms with Crippen LogP contribution in [-0.4, -0.2) is 13.1 Å². The van der Waals surface area contributed by atoms with Crippen LogP contribution < -0.4 is 0 Å². The van der Waals surface area contributed by atoms with Crippen LogP contribution in [0.5, 0.6) is 0 Å². The van der Waals surface area contributed by atoms with Crippen LogP contribution >= 0.6 is 27.5 Å². The number of hydrogen-bond donors (Lipinski definition) is 0. The Balaban J connectivity index is 2.95. The second-order valence-corrected chi connectivity index (χ2v) is 4.19. The van der Waals surface area contributed by atoms with Crippen molar-refractivity contribution in [2.45, 2.75) is 13.3 Å². The lowest BCUT2D eigenvalue weighted by atomic mass is 10.1. The van der Waals surface area contributed by atoms with Crippen molar-refractivity contribution in [1.82, 2.24) is 0 Å². The highest BCUT2D eigenvalue weighted by Crippen LogP contribution is 2.27. The van der Waals surface area contributed by atoms with Crippen LogP contribution in [-0.2, 0) is 16.0 Å². The molecule has 2 nitrogen and oxygen atoms in total. The summed E-state index contributed by atoms with van der Waals surface area (Å²) < 4.78 is 5.38. The van der Waals surface area contributed by atoms with E-state index >= 15 is 0 Å². The van der Waals surface area contributed by atoms with Gasteiger partial charge in [-0.05, 0) is 40.0 Å². The molecule has 0 bridgehead atoms. The quantitative estimate of drug-likeness (QED) is 0.776. The topological polar surface area (TPSA) is 26.3 Å². The van der Waals surface area contributed by atoms with Crippen LogP contribution in [0.3, 0.4) is 0 Å². The minimum absolute atomic E-state index is 0.251. The third kappa shape index (κ3) is 2.72. The van der Waals surface area contributed by atoms with Crippen molar-refractivity contribution < 1.29 is 9.53 Å². The first-order valence-electron chi connectivity index (χ1n) is 4.06. The molecule has 1 aromatic rings. The summed E-state index contributed by atoms with van der Waals surface area (Å²) >= 11 is 9.28. The fourth-order valence-corrected chi connectivity index (χ4v) is 1.85. The Kier molecular flexibility index (Phi) is 3.96. The molecule has 76 valence electrons. The molecule has 1 aromatic carbocycles. The van der Waals surface area contributed by atoms with Crippen molar-refractivity contribution in [3.63, 3.8) is 0 Å². The standard InChI is InChI=1S/C10H10BrClO2/c1-6-3-7(5-9(13)14-2)4-8(11)10(6)12/h3-4H,5H2,1-2H3. The Hall–Kier alpha value is -0.540. The molecule has 0 saturated heterocycles. The zero-order chi connectivity index (χ0) is 10.7. The van der Waals surface area contributed by atoms with Gasteiger partial charge in [0.05, 0.1) is 18.6 Å². The molecule has 0 aliphatic rings. The number of halogens is 2. The number of benzene rings is 1. The smallest absolute Gasteiger partial charge is 0.309 e. The van der Waals surface area contributed by atoms with Gasteiger partial charge in [-0.15, -0.1) is 0 Å². The summed E-state index contributed by atoms with van der Waals surface area (Å²) in [6, 6.07) is 3.70. The van der Waals surface area contributed by atoms with Gasteiger partial charge in [0.25, 0.3) is 0 Å². The van der Waals surface area contributed by atoms with Gasteiger partial charge in [0, 0.05) is 4.47 Å². The number of hydrogen-bond acceptors (Lipinski definition) is 2. The third-order valence-electron chi connectivity index (χ3n) is 1.85. The highest BCUT2D eigenvalue weighted by atomic mass is 79.9. The van der Waals surface area contributed by atoms with Crippen molar-refractivity contribution >= 4 is 33.5 Å². The molecule has 0 fully saturated rings. The molecule has 0 atom stereocenters. The lowest BCUT2D eigenvalue weighted by molar-refractivity contribution is -0.139. The summed E-state index contributed by atoms with van der Waals surface area (Å²) in [4.78, 5) is 11.0. The zero-order valence-corrected chi connectivity index (χ0v) is 10.3. The lowest BCUT2D eigenvalue weighted by Crippen LogP contribution is -2.04. The van der Waals surface area contributed by atoms with Gasteiger partial charge in [-0.1, -0.05) is 17.7 Å². The molecular weight excluding hydrogens is 267 g/mol. The van der Waals surface area contributed by atoms with Crippen LogP contribution in [0.2, 0.25) is 5.02 Å². The Morgan fingerprint density at radius 3 is 2.71 bits per heavy atom. The van der Waals surface area contributed by atoms with E-state index in [1.165, 1.54) is 7.11 Å². The first-order valence-corrected chi connectivity index (χ1v) is 5.23. The van der Waals surface area contributed by atoms with E-state index < -0.39 is 0 Å². The van der Waals surface area contributed by atoms with Gasteiger partial charge in [-0.3, -0.25) is 4.79 Å². The SMILES string of the molecule is COC(=O)Cc1cc(C)c(Cl)c(Br)c1. The van der Waals surface area contributed by atoms with Crippen LogP contribution in [0, 0.1) is 6.92 Å². The lowest BCUT2D eigenvalue weighted by Gasteiger charge is -2.05. The molecular formula is C10H10BrClO2. The fourth-order valence-electron chi connectivity index (χ4n) is 1.14. The van der Waals surface area contributed by atoms with Gasteiger partial charge in [0.15, 0.2) is 0 Å². The maximum Gasteiger partial charge on any atom is 0.309 e. The number of rotatable bonds is 2. The van der Waals surface area contributed by atoms with Gasteiger partial charge < -0.3 is 4.74 Å². The van der Waals surface area contributed by atoms with Crippen LogP contribution in [0.15, 0.2) is 16.6 Å². The van der Waals surface area contributed by atoms with E-state index in [0.29, 0.717) is 5.02 Å². The molecule has 0 aromatic heterocycles. The Morgan fingerprint density at radius 1 is 1.57 bits per heavy atom. The molecule has 0 radical (unpaired) electrons. The zero-order valence-electron chi connectivity index (χ0n) is 7.93. The molecule has 0 unspecified atom stereocenters. The summed E-state index contributed by atoms with van der Waals surface area (Å²) in [5, 5.41) is 0.679. The summed E-state index contributed by atoms with van der Waals surface area (Å²) in [6.45, 7) is 1.90. The van der Waals surface area contributed by atoms with E-state index in [4.69, 9.17) is 11.6 Å². The normalized spacial score (nSPS) is 10.0. The van der Waals surface area contributed by atoms with E-state index in [-0.39, 0.29) is 12.4 Å². The fraction of sp³-hybridized carbons (Fsp3) is 0.300. The summed E-state index contributed by atoms with van der Waals surface area (Å²) in [5.41, 5.74) is 1.84. The molecule has 1 rings (SSSR count). The van der Waals surface area contributed by atoms with Crippen molar-refractivity contribution in [2.75, 3.05) is 7.11 Å².